The Morgan fingerprint density at radius 1 is 1.15 bits per heavy atom. The van der Waals surface area contributed by atoms with Crippen molar-refractivity contribution in [3.63, 3.8) is 0 Å². The summed E-state index contributed by atoms with van der Waals surface area (Å²) >= 11 is 6.18. The molecule has 0 spiro atoms. The van der Waals surface area contributed by atoms with Gasteiger partial charge in [-0.3, -0.25) is 4.79 Å². The lowest BCUT2D eigenvalue weighted by molar-refractivity contribution is -0.999. The van der Waals surface area contributed by atoms with Gasteiger partial charge in [0.05, 0.1) is 12.1 Å². The fraction of sp³-hybridized carbons (Fsp3) is 0.611. The van der Waals surface area contributed by atoms with Crippen LogP contribution in [-0.4, -0.2) is 71.5 Å². The number of hydrogen-bond acceptors (Lipinski definition) is 3. The second-order valence-corrected chi connectivity index (χ2v) is 9.86. The zero-order valence-electron chi connectivity index (χ0n) is 15.8. The summed E-state index contributed by atoms with van der Waals surface area (Å²) in [6, 6.07) is 4.67. The average Bonchev–Trinajstić information content (AvgIpc) is 2.66. The molecule has 9 heteroatoms. The van der Waals surface area contributed by atoms with Crippen LogP contribution in [0.5, 0.6) is 0 Å². The fourth-order valence-corrected chi connectivity index (χ4v) is 5.68. The quantitative estimate of drug-likeness (QED) is 0.568. The van der Waals surface area contributed by atoms with Crippen molar-refractivity contribution in [2.45, 2.75) is 24.2 Å². The van der Waals surface area contributed by atoms with Crippen molar-refractivity contribution in [1.29, 1.82) is 0 Å². The molecule has 1 aromatic carbocycles. The van der Waals surface area contributed by atoms with Gasteiger partial charge in [0.2, 0.25) is 10.0 Å². The predicted octanol–water partition coefficient (Wildman–Crippen LogP) is -1.13. The SMILES string of the molecule is C[NH+]1CC[NH+](CC(=O)Nc2ccc(Cl)c(S(=O)(=O)N3CCCCC3)c2)CC1. The van der Waals surface area contributed by atoms with E-state index < -0.39 is 10.0 Å². The van der Waals surface area contributed by atoms with Gasteiger partial charge in [-0.25, -0.2) is 8.42 Å². The van der Waals surface area contributed by atoms with E-state index in [-0.39, 0.29) is 15.8 Å². The van der Waals surface area contributed by atoms with Crippen molar-refractivity contribution < 1.29 is 23.0 Å². The summed E-state index contributed by atoms with van der Waals surface area (Å²) in [6.45, 7) is 5.48. The molecule has 3 rings (SSSR count). The molecule has 2 aliphatic heterocycles. The Morgan fingerprint density at radius 2 is 1.81 bits per heavy atom. The number of anilines is 1. The first-order chi connectivity index (χ1) is 12.9. The number of benzene rings is 1. The fourth-order valence-electron chi connectivity index (χ4n) is 3.66. The minimum atomic E-state index is -3.64. The zero-order valence-corrected chi connectivity index (χ0v) is 17.3. The highest BCUT2D eigenvalue weighted by Crippen LogP contribution is 2.29. The summed E-state index contributed by atoms with van der Waals surface area (Å²) in [6.07, 6.45) is 2.78. The van der Waals surface area contributed by atoms with Crippen molar-refractivity contribution in [3.8, 4) is 0 Å². The molecule has 0 radical (unpaired) electrons. The molecule has 0 bridgehead atoms. The van der Waals surface area contributed by atoms with Gasteiger partial charge in [-0.1, -0.05) is 18.0 Å². The molecular formula is C18H29ClN4O3S+2. The molecular weight excluding hydrogens is 388 g/mol. The van der Waals surface area contributed by atoms with Gasteiger partial charge in [-0.2, -0.15) is 4.31 Å². The lowest BCUT2D eigenvalue weighted by Crippen LogP contribution is -3.27. The number of likely N-dealkylation sites (N-methyl/N-ethyl adjacent to an activating group) is 1. The minimum Gasteiger partial charge on any atom is -0.328 e. The summed E-state index contributed by atoms with van der Waals surface area (Å²) in [5.74, 6) is -0.104. The third-order valence-corrected chi connectivity index (χ3v) is 7.75. The third kappa shape index (κ3) is 5.20. The number of hydrogen-bond donors (Lipinski definition) is 3. The first-order valence-corrected chi connectivity index (χ1v) is 11.4. The number of nitrogens with one attached hydrogen (secondary N) is 3. The molecule has 0 aromatic heterocycles. The van der Waals surface area contributed by atoms with Gasteiger partial charge >= 0.3 is 0 Å². The van der Waals surface area contributed by atoms with Crippen molar-refractivity contribution in [2.75, 3.05) is 58.2 Å². The number of amides is 1. The van der Waals surface area contributed by atoms with Crippen molar-refractivity contribution in [3.05, 3.63) is 23.2 Å². The highest BCUT2D eigenvalue weighted by molar-refractivity contribution is 7.89. The topological polar surface area (TPSA) is 75.4 Å². The molecule has 150 valence electrons. The molecule has 2 saturated heterocycles. The minimum absolute atomic E-state index is 0.0689. The van der Waals surface area contributed by atoms with E-state index in [1.165, 1.54) is 20.2 Å². The molecule has 7 nitrogen and oxygen atoms in total. The van der Waals surface area contributed by atoms with Gasteiger partial charge in [0.1, 0.15) is 31.1 Å². The third-order valence-electron chi connectivity index (χ3n) is 5.37. The molecule has 0 unspecified atom stereocenters. The van der Waals surface area contributed by atoms with Crippen LogP contribution in [0.15, 0.2) is 23.1 Å². The van der Waals surface area contributed by atoms with Crippen LogP contribution in [0.4, 0.5) is 5.69 Å². The number of rotatable bonds is 5. The maximum atomic E-state index is 12.9. The van der Waals surface area contributed by atoms with Gasteiger partial charge in [-0.05, 0) is 31.0 Å². The van der Waals surface area contributed by atoms with Crippen molar-refractivity contribution in [1.82, 2.24) is 4.31 Å². The second-order valence-electron chi connectivity index (χ2n) is 7.54. The first kappa shape index (κ1) is 20.5. The van der Waals surface area contributed by atoms with Crippen LogP contribution < -0.4 is 15.1 Å². The van der Waals surface area contributed by atoms with Crippen LogP contribution in [0.2, 0.25) is 5.02 Å². The van der Waals surface area contributed by atoms with Gasteiger partial charge < -0.3 is 15.1 Å². The normalized spacial score (nSPS) is 24.5. The number of carbonyl (C=O) groups is 1. The highest BCUT2D eigenvalue weighted by Gasteiger charge is 2.28. The lowest BCUT2D eigenvalue weighted by atomic mass is 10.2. The number of piperazine rings is 1. The van der Waals surface area contributed by atoms with E-state index in [0.717, 1.165) is 45.4 Å². The maximum absolute atomic E-state index is 12.9. The van der Waals surface area contributed by atoms with E-state index >= 15 is 0 Å². The van der Waals surface area contributed by atoms with Crippen LogP contribution in [0, 0.1) is 0 Å². The van der Waals surface area contributed by atoms with Crippen LogP contribution in [0.25, 0.3) is 0 Å². The van der Waals surface area contributed by atoms with E-state index in [2.05, 4.69) is 12.4 Å². The van der Waals surface area contributed by atoms with Crippen molar-refractivity contribution >= 4 is 33.2 Å². The molecule has 2 aliphatic rings. The molecule has 0 aliphatic carbocycles. The number of piperidine rings is 1. The van der Waals surface area contributed by atoms with Crippen LogP contribution >= 0.6 is 11.6 Å². The predicted molar refractivity (Wildman–Crippen MR) is 105 cm³/mol. The average molecular weight is 417 g/mol. The summed E-state index contributed by atoms with van der Waals surface area (Å²) in [7, 11) is -1.48. The number of halogens is 1. The first-order valence-electron chi connectivity index (χ1n) is 9.60. The van der Waals surface area contributed by atoms with E-state index in [0.29, 0.717) is 25.3 Å². The molecule has 1 amide bonds. The van der Waals surface area contributed by atoms with Gasteiger partial charge in [0.25, 0.3) is 5.91 Å². The smallest absolute Gasteiger partial charge is 0.279 e. The summed E-state index contributed by atoms with van der Waals surface area (Å²) in [5, 5.41) is 3.02. The number of quaternary nitrogens is 2. The van der Waals surface area contributed by atoms with Gasteiger partial charge in [0, 0.05) is 18.8 Å². The largest absolute Gasteiger partial charge is 0.328 e. The Balaban J connectivity index is 1.68. The Kier molecular flexibility index (Phi) is 6.75. The Hall–Kier alpha value is -1.19. The molecule has 2 fully saturated rings. The summed E-state index contributed by atoms with van der Waals surface area (Å²) in [5.41, 5.74) is 0.471. The lowest BCUT2D eigenvalue weighted by Gasteiger charge is -2.27. The Labute approximate surface area is 166 Å². The number of sulfonamides is 1. The molecule has 0 atom stereocenters. The van der Waals surface area contributed by atoms with Crippen molar-refractivity contribution in [2.24, 2.45) is 0 Å². The molecule has 27 heavy (non-hydrogen) atoms. The maximum Gasteiger partial charge on any atom is 0.279 e. The summed E-state index contributed by atoms with van der Waals surface area (Å²) in [4.78, 5) is 15.2. The van der Waals surface area contributed by atoms with E-state index in [1.54, 1.807) is 12.1 Å². The standard InChI is InChI=1S/C18H27ClN4O3S/c1-21-9-11-22(12-10-21)14-18(24)20-15-5-6-16(19)17(13-15)27(25,26)23-7-3-2-4-8-23/h5-6,13H,2-4,7-12,14H2,1H3,(H,20,24)/p+2. The van der Waals surface area contributed by atoms with Gasteiger partial charge in [-0.15, -0.1) is 0 Å². The number of nitrogens with zero attached hydrogens (tertiary/aromatic N) is 1. The van der Waals surface area contributed by atoms with E-state index in [1.807, 2.05) is 0 Å². The zero-order chi connectivity index (χ0) is 19.4. The Bertz CT molecular complexity index is 773. The molecule has 3 N–H and O–H groups in total. The Morgan fingerprint density at radius 3 is 2.48 bits per heavy atom. The van der Waals surface area contributed by atoms with E-state index in [4.69, 9.17) is 11.6 Å². The van der Waals surface area contributed by atoms with E-state index in [9.17, 15) is 13.2 Å². The molecule has 2 heterocycles. The van der Waals surface area contributed by atoms with Gasteiger partial charge in [0.15, 0.2) is 6.54 Å². The van der Waals surface area contributed by atoms with Crippen LogP contribution in [-0.2, 0) is 14.8 Å². The van der Waals surface area contributed by atoms with Crippen LogP contribution in [0.1, 0.15) is 19.3 Å². The molecule has 1 aromatic rings. The monoisotopic (exact) mass is 416 g/mol. The molecule has 0 saturated carbocycles. The van der Waals surface area contributed by atoms with Crippen LogP contribution in [0.3, 0.4) is 0 Å². The number of carbonyl (C=O) groups excluding carboxylic acids is 1. The highest BCUT2D eigenvalue weighted by atomic mass is 35.5. The second kappa shape index (κ2) is 8.87. The summed E-state index contributed by atoms with van der Waals surface area (Å²) < 4.78 is 27.3.